The highest BCUT2D eigenvalue weighted by molar-refractivity contribution is 6.29. The minimum absolute atomic E-state index is 0.0764. The largest absolute Gasteiger partial charge is 0.465 e. The van der Waals surface area contributed by atoms with Crippen LogP contribution in [0.2, 0.25) is 5.15 Å². The Kier molecular flexibility index (Phi) is 2.69. The molecule has 4 N–H and O–H groups in total. The molecule has 0 saturated carbocycles. The van der Waals surface area contributed by atoms with Gasteiger partial charge in [-0.2, -0.15) is 4.98 Å². The zero-order chi connectivity index (χ0) is 11.7. The van der Waals surface area contributed by atoms with Gasteiger partial charge in [-0.15, -0.1) is 0 Å². The van der Waals surface area contributed by atoms with Crippen molar-refractivity contribution in [2.45, 2.75) is 6.04 Å². The molecule has 1 aromatic heterocycles. The molecule has 1 saturated heterocycles. The second-order valence-electron chi connectivity index (χ2n) is 3.46. The first-order chi connectivity index (χ1) is 7.54. The van der Waals surface area contributed by atoms with E-state index < -0.39 is 6.09 Å². The van der Waals surface area contributed by atoms with Gasteiger partial charge in [-0.05, 0) is 0 Å². The molecule has 0 radical (unpaired) electrons. The van der Waals surface area contributed by atoms with Crippen LogP contribution in [0.15, 0.2) is 6.07 Å². The molecular formula is C8H10ClN5O2. The number of carbonyl (C=O) groups is 1. The van der Waals surface area contributed by atoms with Crippen molar-refractivity contribution in [1.82, 2.24) is 15.3 Å². The van der Waals surface area contributed by atoms with Crippen LogP contribution < -0.4 is 16.0 Å². The first-order valence-corrected chi connectivity index (χ1v) is 4.97. The van der Waals surface area contributed by atoms with E-state index in [2.05, 4.69) is 15.3 Å². The maximum Gasteiger partial charge on any atom is 0.405 e. The molecule has 1 amide bonds. The summed E-state index contributed by atoms with van der Waals surface area (Å²) in [6.45, 7) is 1.11. The molecule has 0 bridgehead atoms. The number of nitrogens with two attached hydrogens (primary N) is 1. The normalized spacial score (nSPS) is 15.7. The van der Waals surface area contributed by atoms with E-state index in [9.17, 15) is 4.79 Å². The van der Waals surface area contributed by atoms with Crippen LogP contribution in [-0.4, -0.2) is 40.3 Å². The molecule has 0 atom stereocenters. The van der Waals surface area contributed by atoms with E-state index in [1.165, 1.54) is 0 Å². The number of hydrogen-bond acceptors (Lipinski definition) is 5. The molecule has 86 valence electrons. The van der Waals surface area contributed by atoms with Crippen LogP contribution >= 0.6 is 11.6 Å². The molecule has 0 aliphatic carbocycles. The van der Waals surface area contributed by atoms with Gasteiger partial charge < -0.3 is 21.1 Å². The van der Waals surface area contributed by atoms with E-state index in [4.69, 9.17) is 22.4 Å². The highest BCUT2D eigenvalue weighted by Gasteiger charge is 2.29. The topological polar surface area (TPSA) is 104 Å². The molecule has 1 aliphatic rings. The number of hydrogen-bond donors (Lipinski definition) is 3. The van der Waals surface area contributed by atoms with Gasteiger partial charge in [0, 0.05) is 19.2 Å². The fraction of sp³-hybridized carbons (Fsp3) is 0.375. The molecule has 8 heteroatoms. The monoisotopic (exact) mass is 243 g/mol. The number of amides is 1. The lowest BCUT2D eigenvalue weighted by Crippen LogP contribution is -2.59. The van der Waals surface area contributed by atoms with Crippen LogP contribution in [0.1, 0.15) is 0 Å². The third kappa shape index (κ3) is 2.25. The minimum Gasteiger partial charge on any atom is -0.465 e. The minimum atomic E-state index is -1.02. The van der Waals surface area contributed by atoms with E-state index in [1.54, 1.807) is 6.07 Å². The quantitative estimate of drug-likeness (QED) is 0.640. The summed E-state index contributed by atoms with van der Waals surface area (Å²) in [5.41, 5.74) is 5.45. The molecular weight excluding hydrogens is 234 g/mol. The van der Waals surface area contributed by atoms with Crippen LogP contribution in [-0.2, 0) is 0 Å². The Balaban J connectivity index is 1.98. The van der Waals surface area contributed by atoms with Crippen molar-refractivity contribution in [3.8, 4) is 0 Å². The van der Waals surface area contributed by atoms with Crippen LogP contribution in [0.4, 0.5) is 16.6 Å². The van der Waals surface area contributed by atoms with Crippen molar-refractivity contribution in [2.75, 3.05) is 23.7 Å². The fourth-order valence-electron chi connectivity index (χ4n) is 1.52. The van der Waals surface area contributed by atoms with Gasteiger partial charge in [0.1, 0.15) is 11.0 Å². The van der Waals surface area contributed by atoms with E-state index in [0.29, 0.717) is 18.9 Å². The molecule has 0 spiro atoms. The highest BCUT2D eigenvalue weighted by Crippen LogP contribution is 2.21. The van der Waals surface area contributed by atoms with Crippen LogP contribution in [0.25, 0.3) is 0 Å². The van der Waals surface area contributed by atoms with E-state index in [0.717, 1.165) is 0 Å². The maximum absolute atomic E-state index is 10.4. The van der Waals surface area contributed by atoms with Gasteiger partial charge in [0.05, 0.1) is 6.04 Å². The Morgan fingerprint density at radius 3 is 2.88 bits per heavy atom. The molecule has 1 aliphatic heterocycles. The second kappa shape index (κ2) is 4.01. The van der Waals surface area contributed by atoms with Crippen molar-refractivity contribution in [3.63, 3.8) is 0 Å². The Hall–Kier alpha value is -1.76. The summed E-state index contributed by atoms with van der Waals surface area (Å²) >= 11 is 5.73. The molecule has 16 heavy (non-hydrogen) atoms. The van der Waals surface area contributed by atoms with E-state index in [-0.39, 0.29) is 17.1 Å². The Labute approximate surface area is 96.2 Å². The summed E-state index contributed by atoms with van der Waals surface area (Å²) in [4.78, 5) is 20.0. The number of aromatic nitrogens is 2. The van der Waals surface area contributed by atoms with Crippen molar-refractivity contribution in [3.05, 3.63) is 11.2 Å². The molecule has 2 heterocycles. The number of halogens is 1. The number of nitrogens with zero attached hydrogens (tertiary/aromatic N) is 3. The Morgan fingerprint density at radius 2 is 2.31 bits per heavy atom. The first kappa shape index (κ1) is 10.7. The number of nitrogens with one attached hydrogen (secondary N) is 1. The number of nitrogen functional groups attached to an aromatic ring is 1. The zero-order valence-corrected chi connectivity index (χ0v) is 8.98. The fourth-order valence-corrected chi connectivity index (χ4v) is 1.70. The Morgan fingerprint density at radius 1 is 1.62 bits per heavy atom. The van der Waals surface area contributed by atoms with Gasteiger partial charge in [-0.25, -0.2) is 9.78 Å². The average Bonchev–Trinajstić information content (AvgIpc) is 2.08. The van der Waals surface area contributed by atoms with Gasteiger partial charge in [0.2, 0.25) is 5.95 Å². The summed E-state index contributed by atoms with van der Waals surface area (Å²) in [6, 6.07) is 1.52. The SMILES string of the molecule is Nc1nc(Cl)cc(N2CC(NC(=O)O)C2)n1. The predicted molar refractivity (Wildman–Crippen MR) is 58.6 cm³/mol. The molecule has 7 nitrogen and oxygen atoms in total. The standard InChI is InChI=1S/C8H10ClN5O2/c9-5-1-6(13-7(10)12-5)14-2-4(3-14)11-8(15)16/h1,4,11H,2-3H2,(H,15,16)(H2,10,12,13). The van der Waals surface area contributed by atoms with Crippen LogP contribution in [0.3, 0.4) is 0 Å². The molecule has 1 aromatic rings. The summed E-state index contributed by atoms with van der Waals surface area (Å²) < 4.78 is 0. The Bertz CT molecular complexity index is 401. The lowest BCUT2D eigenvalue weighted by atomic mass is 10.1. The maximum atomic E-state index is 10.4. The van der Waals surface area contributed by atoms with Gasteiger partial charge >= 0.3 is 6.09 Å². The van der Waals surface area contributed by atoms with Crippen molar-refractivity contribution < 1.29 is 9.90 Å². The van der Waals surface area contributed by atoms with E-state index >= 15 is 0 Å². The predicted octanol–water partition coefficient (Wildman–Crippen LogP) is 0.168. The number of anilines is 2. The summed E-state index contributed by atoms with van der Waals surface area (Å²) in [6.07, 6.45) is -1.02. The van der Waals surface area contributed by atoms with Crippen molar-refractivity contribution in [1.29, 1.82) is 0 Å². The summed E-state index contributed by atoms with van der Waals surface area (Å²) in [7, 11) is 0. The highest BCUT2D eigenvalue weighted by atomic mass is 35.5. The third-order valence-corrected chi connectivity index (χ3v) is 2.43. The van der Waals surface area contributed by atoms with Gasteiger partial charge in [0.15, 0.2) is 0 Å². The van der Waals surface area contributed by atoms with Gasteiger partial charge in [-0.3, -0.25) is 0 Å². The summed E-state index contributed by atoms with van der Waals surface area (Å²) in [5.74, 6) is 0.720. The smallest absolute Gasteiger partial charge is 0.405 e. The first-order valence-electron chi connectivity index (χ1n) is 4.59. The third-order valence-electron chi connectivity index (χ3n) is 2.23. The molecule has 0 aromatic carbocycles. The number of carboxylic acid groups (broad SMARTS) is 1. The average molecular weight is 244 g/mol. The molecule has 2 rings (SSSR count). The summed E-state index contributed by atoms with van der Waals surface area (Å²) in [5, 5.41) is 11.1. The number of rotatable bonds is 2. The van der Waals surface area contributed by atoms with Crippen molar-refractivity contribution in [2.24, 2.45) is 0 Å². The molecule has 1 fully saturated rings. The molecule has 0 unspecified atom stereocenters. The van der Waals surface area contributed by atoms with Crippen molar-refractivity contribution >= 4 is 29.5 Å². The lowest BCUT2D eigenvalue weighted by molar-refractivity contribution is 0.187. The van der Waals surface area contributed by atoms with Gasteiger partial charge in [-0.1, -0.05) is 11.6 Å². The zero-order valence-electron chi connectivity index (χ0n) is 8.22. The van der Waals surface area contributed by atoms with E-state index in [1.807, 2.05) is 4.90 Å². The lowest BCUT2D eigenvalue weighted by Gasteiger charge is -2.39. The van der Waals surface area contributed by atoms with Crippen LogP contribution in [0, 0.1) is 0 Å². The van der Waals surface area contributed by atoms with Crippen LogP contribution in [0.5, 0.6) is 0 Å². The second-order valence-corrected chi connectivity index (χ2v) is 3.85. The van der Waals surface area contributed by atoms with Gasteiger partial charge in [0.25, 0.3) is 0 Å².